The number of ether oxygens (including phenoxy) is 2. The van der Waals surface area contributed by atoms with Crippen LogP contribution in [0, 0.1) is 0 Å². The summed E-state index contributed by atoms with van der Waals surface area (Å²) in [6.07, 6.45) is 1.92. The molecule has 0 aliphatic carbocycles. The molecule has 3 nitrogen and oxygen atoms in total. The van der Waals surface area contributed by atoms with Gasteiger partial charge in [-0.25, -0.2) is 4.90 Å². The Balaban J connectivity index is 4.97. The quantitative estimate of drug-likeness (QED) is 0.612. The number of hydrogen-bond acceptors (Lipinski definition) is 3. The SMILES string of the molecule is CCCC(OC)(OC)N(C(C)C)C(C)C. The minimum atomic E-state index is -0.572. The maximum Gasteiger partial charge on any atom is 0.229 e. The molecule has 0 saturated carbocycles. The van der Waals surface area contributed by atoms with Gasteiger partial charge in [0.05, 0.1) is 0 Å². The molecule has 0 radical (unpaired) electrons. The van der Waals surface area contributed by atoms with Crippen molar-refractivity contribution in [1.29, 1.82) is 0 Å². The van der Waals surface area contributed by atoms with E-state index in [-0.39, 0.29) is 0 Å². The van der Waals surface area contributed by atoms with Crippen LogP contribution in [0.4, 0.5) is 0 Å². The largest absolute Gasteiger partial charge is 0.341 e. The van der Waals surface area contributed by atoms with Gasteiger partial charge in [0.1, 0.15) is 0 Å². The Kier molecular flexibility index (Phi) is 6.41. The Morgan fingerprint density at radius 2 is 1.40 bits per heavy atom. The van der Waals surface area contributed by atoms with Crippen molar-refractivity contribution in [1.82, 2.24) is 4.90 Å². The third kappa shape index (κ3) is 3.44. The molecule has 0 spiro atoms. The van der Waals surface area contributed by atoms with Crippen LogP contribution in [0.15, 0.2) is 0 Å². The summed E-state index contributed by atoms with van der Waals surface area (Å²) in [5.41, 5.74) is 0. The highest BCUT2D eigenvalue weighted by Crippen LogP contribution is 2.28. The average Bonchev–Trinajstić information content (AvgIpc) is 2.15. The predicted octanol–water partition coefficient (Wildman–Crippen LogP) is 2.85. The van der Waals surface area contributed by atoms with Crippen LogP contribution in [0.25, 0.3) is 0 Å². The topological polar surface area (TPSA) is 21.7 Å². The third-order valence-corrected chi connectivity index (χ3v) is 2.71. The maximum absolute atomic E-state index is 5.62. The van der Waals surface area contributed by atoms with Crippen LogP contribution in [0.1, 0.15) is 47.5 Å². The van der Waals surface area contributed by atoms with Crippen molar-refractivity contribution in [2.45, 2.75) is 65.5 Å². The van der Waals surface area contributed by atoms with Crippen molar-refractivity contribution in [3.8, 4) is 0 Å². The molecule has 0 N–H and O–H groups in total. The first-order valence-corrected chi connectivity index (χ1v) is 5.83. The summed E-state index contributed by atoms with van der Waals surface area (Å²) in [5, 5.41) is 0. The Labute approximate surface area is 94.7 Å². The molecule has 0 aromatic carbocycles. The van der Waals surface area contributed by atoms with Crippen molar-refractivity contribution in [2.75, 3.05) is 14.2 Å². The second kappa shape index (κ2) is 6.46. The zero-order chi connectivity index (χ0) is 12.1. The van der Waals surface area contributed by atoms with E-state index in [2.05, 4.69) is 39.5 Å². The lowest BCUT2D eigenvalue weighted by Crippen LogP contribution is -2.57. The van der Waals surface area contributed by atoms with E-state index in [9.17, 15) is 0 Å². The van der Waals surface area contributed by atoms with Gasteiger partial charge in [-0.2, -0.15) is 0 Å². The molecule has 0 rings (SSSR count). The summed E-state index contributed by atoms with van der Waals surface area (Å²) in [6, 6.07) is 0.799. The van der Waals surface area contributed by atoms with E-state index < -0.39 is 5.91 Å². The lowest BCUT2D eigenvalue weighted by Gasteiger charge is -2.46. The molecule has 0 heterocycles. The van der Waals surface area contributed by atoms with Gasteiger partial charge < -0.3 is 9.47 Å². The normalized spacial score (nSPS) is 13.2. The van der Waals surface area contributed by atoms with Crippen molar-refractivity contribution in [2.24, 2.45) is 0 Å². The van der Waals surface area contributed by atoms with Gasteiger partial charge in [-0.05, 0) is 34.1 Å². The van der Waals surface area contributed by atoms with Crippen LogP contribution in [0.3, 0.4) is 0 Å². The zero-order valence-corrected chi connectivity index (χ0v) is 11.3. The van der Waals surface area contributed by atoms with Gasteiger partial charge in [0.25, 0.3) is 0 Å². The number of nitrogens with zero attached hydrogens (tertiary/aromatic N) is 1. The summed E-state index contributed by atoms with van der Waals surface area (Å²) in [6.45, 7) is 10.8. The van der Waals surface area contributed by atoms with Crippen LogP contribution in [0.5, 0.6) is 0 Å². The third-order valence-electron chi connectivity index (χ3n) is 2.71. The number of rotatable bonds is 7. The summed E-state index contributed by atoms with van der Waals surface area (Å²) in [5.74, 6) is -0.572. The van der Waals surface area contributed by atoms with Gasteiger partial charge in [0.2, 0.25) is 5.91 Å². The molecule has 0 aromatic heterocycles. The average molecular weight is 217 g/mol. The Morgan fingerprint density at radius 1 is 1.00 bits per heavy atom. The summed E-state index contributed by atoms with van der Waals surface area (Å²) in [7, 11) is 3.44. The monoisotopic (exact) mass is 217 g/mol. The van der Waals surface area contributed by atoms with Crippen molar-refractivity contribution in [3.05, 3.63) is 0 Å². The fourth-order valence-corrected chi connectivity index (χ4v) is 2.33. The zero-order valence-electron chi connectivity index (χ0n) is 11.3. The van der Waals surface area contributed by atoms with Crippen LogP contribution >= 0.6 is 0 Å². The van der Waals surface area contributed by atoms with E-state index in [0.717, 1.165) is 12.8 Å². The molecule has 0 bridgehead atoms. The highest BCUT2D eigenvalue weighted by atomic mass is 16.7. The molecule has 0 atom stereocenters. The molecule has 0 fully saturated rings. The summed E-state index contributed by atoms with van der Waals surface area (Å²) < 4.78 is 11.2. The van der Waals surface area contributed by atoms with Gasteiger partial charge in [-0.1, -0.05) is 6.92 Å². The van der Waals surface area contributed by atoms with Gasteiger partial charge in [0.15, 0.2) is 0 Å². The van der Waals surface area contributed by atoms with E-state index in [1.54, 1.807) is 14.2 Å². The lowest BCUT2D eigenvalue weighted by molar-refractivity contribution is -0.314. The highest BCUT2D eigenvalue weighted by Gasteiger charge is 2.39. The van der Waals surface area contributed by atoms with Crippen LogP contribution in [-0.4, -0.2) is 37.1 Å². The Morgan fingerprint density at radius 3 is 1.60 bits per heavy atom. The van der Waals surface area contributed by atoms with Gasteiger partial charge in [0, 0.05) is 32.7 Å². The minimum Gasteiger partial charge on any atom is -0.341 e. The summed E-state index contributed by atoms with van der Waals surface area (Å²) in [4.78, 5) is 2.27. The second-order valence-electron chi connectivity index (χ2n) is 4.47. The molecule has 0 saturated heterocycles. The van der Waals surface area contributed by atoms with E-state index in [0.29, 0.717) is 12.1 Å². The molecule has 92 valence electrons. The molecule has 0 aliphatic heterocycles. The van der Waals surface area contributed by atoms with Crippen LogP contribution in [0.2, 0.25) is 0 Å². The molecule has 0 amide bonds. The Hall–Kier alpha value is -0.120. The predicted molar refractivity (Wildman–Crippen MR) is 63.8 cm³/mol. The highest BCUT2D eigenvalue weighted by molar-refractivity contribution is 4.78. The van der Waals surface area contributed by atoms with Gasteiger partial charge >= 0.3 is 0 Å². The van der Waals surface area contributed by atoms with Crippen molar-refractivity contribution < 1.29 is 9.47 Å². The van der Waals surface area contributed by atoms with E-state index in [1.165, 1.54) is 0 Å². The standard InChI is InChI=1S/C12H27NO2/c1-8-9-12(14-6,15-7)13(10(2)3)11(4)5/h10-11H,8-9H2,1-7H3. The first-order valence-electron chi connectivity index (χ1n) is 5.83. The van der Waals surface area contributed by atoms with Crippen LogP contribution < -0.4 is 0 Å². The van der Waals surface area contributed by atoms with E-state index in [4.69, 9.17) is 9.47 Å². The first kappa shape index (κ1) is 14.9. The molecular formula is C12H27NO2. The molecule has 15 heavy (non-hydrogen) atoms. The molecule has 0 aromatic rings. The van der Waals surface area contributed by atoms with Crippen molar-refractivity contribution in [3.63, 3.8) is 0 Å². The molecule has 0 aliphatic rings. The fourth-order valence-electron chi connectivity index (χ4n) is 2.33. The number of hydrogen-bond donors (Lipinski definition) is 0. The second-order valence-corrected chi connectivity index (χ2v) is 4.47. The van der Waals surface area contributed by atoms with Gasteiger partial charge in [-0.3, -0.25) is 0 Å². The van der Waals surface area contributed by atoms with Crippen molar-refractivity contribution >= 4 is 0 Å². The number of methoxy groups -OCH3 is 2. The fraction of sp³-hybridized carbons (Fsp3) is 1.00. The lowest BCUT2D eigenvalue weighted by atomic mass is 10.1. The Bertz CT molecular complexity index is 157. The molecular weight excluding hydrogens is 190 g/mol. The molecule has 3 heteroatoms. The van der Waals surface area contributed by atoms with E-state index in [1.807, 2.05) is 0 Å². The maximum atomic E-state index is 5.62. The summed E-state index contributed by atoms with van der Waals surface area (Å²) >= 11 is 0. The van der Waals surface area contributed by atoms with Crippen LogP contribution in [-0.2, 0) is 9.47 Å². The smallest absolute Gasteiger partial charge is 0.229 e. The van der Waals surface area contributed by atoms with Gasteiger partial charge in [-0.15, -0.1) is 0 Å². The first-order chi connectivity index (χ1) is 6.95. The molecule has 0 unspecified atom stereocenters. The minimum absolute atomic E-state index is 0.399. The van der Waals surface area contributed by atoms with E-state index >= 15 is 0 Å².